The van der Waals surface area contributed by atoms with E-state index in [0.29, 0.717) is 30.8 Å². The highest BCUT2D eigenvalue weighted by atomic mass is 16.6. The zero-order valence-corrected chi connectivity index (χ0v) is 14.9. The minimum atomic E-state index is -0.0884. The maximum absolute atomic E-state index is 11.0. The van der Waals surface area contributed by atoms with Crippen molar-refractivity contribution in [2.45, 2.75) is 108 Å². The zero-order chi connectivity index (χ0) is 16.5. The van der Waals surface area contributed by atoms with E-state index in [1.807, 2.05) is 0 Å². The monoisotopic (exact) mass is 326 g/mol. The molecule has 2 aliphatic heterocycles. The fraction of sp³-hybridized carbons (Fsp3) is 0.947. The molecule has 134 valence electrons. The fourth-order valence-electron chi connectivity index (χ4n) is 3.35. The molecule has 0 aromatic heterocycles. The Kier molecular flexibility index (Phi) is 8.38. The summed E-state index contributed by atoms with van der Waals surface area (Å²) in [6.07, 6.45) is 15.8. The van der Waals surface area contributed by atoms with E-state index in [4.69, 9.17) is 9.47 Å². The van der Waals surface area contributed by atoms with Gasteiger partial charge in [-0.2, -0.15) is 0 Å². The SMILES string of the molecule is CCCCC[C@H]1O[C@H]1C[C@H]1O[C@H]1CCCCCCCC(=O)OC. The third-order valence-electron chi connectivity index (χ3n) is 5.03. The Labute approximate surface area is 141 Å². The van der Waals surface area contributed by atoms with E-state index in [1.54, 1.807) is 0 Å². The van der Waals surface area contributed by atoms with Crippen molar-refractivity contribution in [3.05, 3.63) is 0 Å². The van der Waals surface area contributed by atoms with Crippen LogP contribution in [-0.4, -0.2) is 37.5 Å². The van der Waals surface area contributed by atoms with Crippen molar-refractivity contribution in [1.82, 2.24) is 0 Å². The molecule has 0 aromatic rings. The number of hydrogen-bond acceptors (Lipinski definition) is 4. The quantitative estimate of drug-likeness (QED) is 0.270. The van der Waals surface area contributed by atoms with Crippen LogP contribution < -0.4 is 0 Å². The number of epoxide rings is 2. The lowest BCUT2D eigenvalue weighted by Crippen LogP contribution is -2.02. The van der Waals surface area contributed by atoms with Gasteiger partial charge >= 0.3 is 5.97 Å². The summed E-state index contributed by atoms with van der Waals surface area (Å²) in [4.78, 5) is 11.0. The van der Waals surface area contributed by atoms with Crippen LogP contribution in [0.25, 0.3) is 0 Å². The van der Waals surface area contributed by atoms with E-state index in [9.17, 15) is 4.79 Å². The molecular formula is C19H34O4. The van der Waals surface area contributed by atoms with Crippen LogP contribution in [0.15, 0.2) is 0 Å². The van der Waals surface area contributed by atoms with Gasteiger partial charge in [-0.15, -0.1) is 0 Å². The van der Waals surface area contributed by atoms with Crippen LogP contribution in [0.5, 0.6) is 0 Å². The lowest BCUT2D eigenvalue weighted by Gasteiger charge is -2.00. The predicted octanol–water partition coefficient (Wildman–Crippen LogP) is 4.40. The molecule has 2 heterocycles. The Hall–Kier alpha value is -0.610. The van der Waals surface area contributed by atoms with Crippen molar-refractivity contribution in [2.75, 3.05) is 7.11 Å². The van der Waals surface area contributed by atoms with E-state index >= 15 is 0 Å². The largest absolute Gasteiger partial charge is 0.469 e. The molecule has 0 spiro atoms. The van der Waals surface area contributed by atoms with Gasteiger partial charge in [-0.05, 0) is 19.3 Å². The molecule has 2 saturated heterocycles. The third kappa shape index (κ3) is 7.67. The lowest BCUT2D eigenvalue weighted by atomic mass is 10.0. The highest BCUT2D eigenvalue weighted by Crippen LogP contribution is 2.39. The second kappa shape index (κ2) is 10.3. The molecule has 0 aliphatic carbocycles. The summed E-state index contributed by atoms with van der Waals surface area (Å²) in [5.41, 5.74) is 0. The van der Waals surface area contributed by atoms with E-state index in [2.05, 4.69) is 11.7 Å². The predicted molar refractivity (Wildman–Crippen MR) is 90.4 cm³/mol. The Morgan fingerprint density at radius 1 is 0.826 bits per heavy atom. The van der Waals surface area contributed by atoms with Gasteiger partial charge in [0.1, 0.15) is 0 Å². The first-order chi connectivity index (χ1) is 11.2. The Morgan fingerprint density at radius 3 is 2.00 bits per heavy atom. The fourth-order valence-corrected chi connectivity index (χ4v) is 3.35. The number of ether oxygens (including phenoxy) is 3. The number of hydrogen-bond donors (Lipinski definition) is 0. The molecule has 4 nitrogen and oxygen atoms in total. The molecule has 4 heteroatoms. The normalized spacial score (nSPS) is 28.6. The molecule has 0 aromatic carbocycles. The molecule has 0 amide bonds. The highest BCUT2D eigenvalue weighted by Gasteiger charge is 2.47. The van der Waals surface area contributed by atoms with Gasteiger partial charge in [-0.1, -0.05) is 51.9 Å². The van der Waals surface area contributed by atoms with E-state index in [0.717, 1.165) is 19.3 Å². The Morgan fingerprint density at radius 2 is 1.39 bits per heavy atom. The number of unbranched alkanes of at least 4 members (excludes halogenated alkanes) is 6. The van der Waals surface area contributed by atoms with Gasteiger partial charge in [-0.25, -0.2) is 0 Å². The molecule has 0 bridgehead atoms. The standard InChI is InChI=1S/C19H34O4/c1-3-4-8-11-15-17(22-15)14-18-16(23-18)12-9-6-5-7-10-13-19(20)21-2/h15-18H,3-14H2,1-2H3/t15-,16+,17+,18-/m1/s1. The molecule has 2 aliphatic rings. The maximum Gasteiger partial charge on any atom is 0.305 e. The molecule has 0 radical (unpaired) electrons. The minimum absolute atomic E-state index is 0.0884. The van der Waals surface area contributed by atoms with Crippen molar-refractivity contribution < 1.29 is 19.0 Å². The van der Waals surface area contributed by atoms with E-state index in [-0.39, 0.29) is 5.97 Å². The summed E-state index contributed by atoms with van der Waals surface area (Å²) < 4.78 is 16.2. The van der Waals surface area contributed by atoms with Gasteiger partial charge in [0.2, 0.25) is 0 Å². The number of carbonyl (C=O) groups is 1. The maximum atomic E-state index is 11.0. The number of esters is 1. The molecule has 4 atom stereocenters. The Balaban J connectivity index is 1.35. The van der Waals surface area contributed by atoms with Crippen LogP contribution in [0.1, 0.15) is 84.0 Å². The second-order valence-corrected chi connectivity index (χ2v) is 7.04. The van der Waals surface area contributed by atoms with Gasteiger partial charge in [0.05, 0.1) is 31.5 Å². The van der Waals surface area contributed by atoms with Crippen LogP contribution >= 0.6 is 0 Å². The minimum Gasteiger partial charge on any atom is -0.469 e. The smallest absolute Gasteiger partial charge is 0.305 e. The van der Waals surface area contributed by atoms with Gasteiger partial charge in [-0.3, -0.25) is 4.79 Å². The number of methoxy groups -OCH3 is 1. The molecule has 2 fully saturated rings. The second-order valence-electron chi connectivity index (χ2n) is 7.04. The number of carbonyl (C=O) groups excluding carboxylic acids is 1. The van der Waals surface area contributed by atoms with E-state index in [1.165, 1.54) is 58.5 Å². The first-order valence-corrected chi connectivity index (χ1v) is 9.62. The average Bonchev–Trinajstić information content (AvgIpc) is 3.46. The highest BCUT2D eigenvalue weighted by molar-refractivity contribution is 5.68. The zero-order valence-electron chi connectivity index (χ0n) is 14.9. The van der Waals surface area contributed by atoms with Crippen LogP contribution in [0.3, 0.4) is 0 Å². The summed E-state index contributed by atoms with van der Waals surface area (Å²) in [6.45, 7) is 2.24. The summed E-state index contributed by atoms with van der Waals surface area (Å²) in [5.74, 6) is -0.0884. The molecule has 0 N–H and O–H groups in total. The summed E-state index contributed by atoms with van der Waals surface area (Å²) in [5, 5.41) is 0. The lowest BCUT2D eigenvalue weighted by molar-refractivity contribution is -0.140. The van der Waals surface area contributed by atoms with Gasteiger partial charge in [0.25, 0.3) is 0 Å². The van der Waals surface area contributed by atoms with Crippen molar-refractivity contribution >= 4 is 5.97 Å². The Bertz CT molecular complexity index is 344. The van der Waals surface area contributed by atoms with Crippen LogP contribution in [-0.2, 0) is 19.0 Å². The molecule has 0 saturated carbocycles. The molecule has 2 rings (SSSR count). The van der Waals surface area contributed by atoms with Crippen molar-refractivity contribution in [3.8, 4) is 0 Å². The van der Waals surface area contributed by atoms with Gasteiger partial charge < -0.3 is 14.2 Å². The molecule has 23 heavy (non-hydrogen) atoms. The molecule has 0 unspecified atom stereocenters. The van der Waals surface area contributed by atoms with Crippen LogP contribution in [0.4, 0.5) is 0 Å². The van der Waals surface area contributed by atoms with Gasteiger partial charge in [0.15, 0.2) is 0 Å². The van der Waals surface area contributed by atoms with Crippen LogP contribution in [0, 0.1) is 0 Å². The summed E-state index contributed by atoms with van der Waals surface area (Å²) in [6, 6.07) is 0. The molecular weight excluding hydrogens is 292 g/mol. The van der Waals surface area contributed by atoms with Crippen molar-refractivity contribution in [1.29, 1.82) is 0 Å². The third-order valence-corrected chi connectivity index (χ3v) is 5.03. The van der Waals surface area contributed by atoms with Gasteiger partial charge in [0, 0.05) is 12.8 Å². The van der Waals surface area contributed by atoms with Crippen molar-refractivity contribution in [3.63, 3.8) is 0 Å². The topological polar surface area (TPSA) is 51.4 Å². The van der Waals surface area contributed by atoms with Crippen molar-refractivity contribution in [2.24, 2.45) is 0 Å². The summed E-state index contributed by atoms with van der Waals surface area (Å²) in [7, 11) is 1.45. The number of rotatable bonds is 14. The van der Waals surface area contributed by atoms with Crippen LogP contribution in [0.2, 0.25) is 0 Å². The average molecular weight is 326 g/mol. The first kappa shape index (κ1) is 18.7. The first-order valence-electron chi connectivity index (χ1n) is 9.62. The summed E-state index contributed by atoms with van der Waals surface area (Å²) >= 11 is 0. The van der Waals surface area contributed by atoms with E-state index < -0.39 is 0 Å².